The summed E-state index contributed by atoms with van der Waals surface area (Å²) in [4.78, 5) is 5.05. The Hall–Kier alpha value is -1.10. The fourth-order valence-corrected chi connectivity index (χ4v) is 4.39. The molecule has 0 saturated carbocycles. The second-order valence-corrected chi connectivity index (χ2v) is 6.98. The topological polar surface area (TPSA) is 24.9 Å². The number of benzene rings is 1. The monoisotopic (exact) mass is 304 g/mol. The third kappa shape index (κ3) is 3.00. The first-order valence-corrected chi connectivity index (χ1v) is 8.18. The summed E-state index contributed by atoms with van der Waals surface area (Å²) in [6.45, 7) is 6.57. The Morgan fingerprint density at radius 1 is 1.23 bits per heavy atom. The minimum absolute atomic E-state index is 0.409. The Bertz CT molecular complexity index is 508. The molecule has 2 fully saturated rings. The normalized spacial score (nSPS) is 29.5. The predicted molar refractivity (Wildman–Crippen MR) is 88.2 cm³/mol. The van der Waals surface area contributed by atoms with Gasteiger partial charge in [-0.15, -0.1) is 0 Å². The summed E-state index contributed by atoms with van der Waals surface area (Å²) >= 11 is 0. The predicted octanol–water partition coefficient (Wildman–Crippen LogP) is 2.10. The van der Waals surface area contributed by atoms with Gasteiger partial charge in [-0.2, -0.15) is 0 Å². The van der Waals surface area contributed by atoms with E-state index in [-0.39, 0.29) is 0 Å². The Labute approximate surface area is 134 Å². The second-order valence-electron chi connectivity index (χ2n) is 6.98. The van der Waals surface area contributed by atoms with Gasteiger partial charge in [0.15, 0.2) is 0 Å². The van der Waals surface area contributed by atoms with Crippen LogP contribution in [0.25, 0.3) is 0 Å². The number of para-hydroxylation sites is 1. The minimum atomic E-state index is 0.409. The molecule has 122 valence electrons. The van der Waals surface area contributed by atoms with E-state index in [1.165, 1.54) is 31.6 Å². The lowest BCUT2D eigenvalue weighted by Crippen LogP contribution is -2.36. The Kier molecular flexibility index (Phi) is 4.71. The summed E-state index contributed by atoms with van der Waals surface area (Å²) in [5.74, 6) is 1.66. The van der Waals surface area contributed by atoms with E-state index in [1.807, 2.05) is 13.2 Å². The van der Waals surface area contributed by atoms with E-state index in [9.17, 15) is 0 Å². The Balaban J connectivity index is 1.69. The van der Waals surface area contributed by atoms with Crippen LogP contribution in [-0.4, -0.2) is 63.9 Å². The zero-order valence-electron chi connectivity index (χ0n) is 14.0. The molecule has 1 spiro atoms. The zero-order chi connectivity index (χ0) is 15.6. The van der Waals surface area contributed by atoms with Crippen molar-refractivity contribution in [1.29, 1.82) is 0 Å². The van der Waals surface area contributed by atoms with Gasteiger partial charge in [0.05, 0.1) is 13.7 Å². The second kappa shape index (κ2) is 6.57. The highest BCUT2D eigenvalue weighted by Gasteiger charge is 2.49. The smallest absolute Gasteiger partial charge is 0.123 e. The van der Waals surface area contributed by atoms with Gasteiger partial charge in [0.25, 0.3) is 0 Å². The lowest BCUT2D eigenvalue weighted by Gasteiger charge is -2.30. The molecule has 2 saturated heterocycles. The Morgan fingerprint density at radius 2 is 2.05 bits per heavy atom. The maximum atomic E-state index is 5.49. The third-order valence-corrected chi connectivity index (χ3v) is 5.40. The molecule has 4 nitrogen and oxygen atoms in total. The van der Waals surface area contributed by atoms with Crippen molar-refractivity contribution >= 4 is 0 Å². The van der Waals surface area contributed by atoms with E-state index in [1.54, 1.807) is 7.11 Å². The summed E-state index contributed by atoms with van der Waals surface area (Å²) in [7, 11) is 5.82. The van der Waals surface area contributed by atoms with Crippen molar-refractivity contribution in [3.05, 3.63) is 29.8 Å². The fraction of sp³-hybridized carbons (Fsp3) is 0.667. The van der Waals surface area contributed by atoms with E-state index >= 15 is 0 Å². The molecule has 0 amide bonds. The maximum Gasteiger partial charge on any atom is 0.123 e. The minimum Gasteiger partial charge on any atom is -0.496 e. The van der Waals surface area contributed by atoms with Crippen LogP contribution in [0.4, 0.5) is 0 Å². The first kappa shape index (κ1) is 15.8. The van der Waals surface area contributed by atoms with Crippen LogP contribution < -0.4 is 4.74 Å². The average molecular weight is 304 g/mol. The largest absolute Gasteiger partial charge is 0.496 e. The molecule has 4 heteroatoms. The first-order valence-electron chi connectivity index (χ1n) is 8.18. The highest BCUT2D eigenvalue weighted by atomic mass is 16.5. The molecule has 0 radical (unpaired) electrons. The number of methoxy groups -OCH3 is 2. The number of likely N-dealkylation sites (tertiary alicyclic amines) is 2. The molecule has 0 unspecified atom stereocenters. The molecule has 2 aliphatic rings. The van der Waals surface area contributed by atoms with E-state index in [2.05, 4.69) is 35.0 Å². The fourth-order valence-electron chi connectivity index (χ4n) is 4.39. The van der Waals surface area contributed by atoms with Crippen LogP contribution in [0.15, 0.2) is 24.3 Å². The lowest BCUT2D eigenvalue weighted by molar-refractivity contribution is 0.0958. The Morgan fingerprint density at radius 3 is 2.82 bits per heavy atom. The van der Waals surface area contributed by atoms with Crippen LogP contribution in [-0.2, 0) is 11.3 Å². The molecule has 0 bridgehead atoms. The van der Waals surface area contributed by atoms with Crippen molar-refractivity contribution in [2.75, 3.05) is 54.1 Å². The van der Waals surface area contributed by atoms with Gasteiger partial charge in [0.2, 0.25) is 0 Å². The van der Waals surface area contributed by atoms with Crippen LogP contribution in [0, 0.1) is 11.3 Å². The molecular weight excluding hydrogens is 276 g/mol. The van der Waals surface area contributed by atoms with Crippen LogP contribution >= 0.6 is 0 Å². The summed E-state index contributed by atoms with van der Waals surface area (Å²) in [6.07, 6.45) is 1.28. The third-order valence-electron chi connectivity index (χ3n) is 5.40. The van der Waals surface area contributed by atoms with E-state index < -0.39 is 0 Å². The van der Waals surface area contributed by atoms with Crippen molar-refractivity contribution in [2.45, 2.75) is 13.0 Å². The maximum absolute atomic E-state index is 5.49. The van der Waals surface area contributed by atoms with Gasteiger partial charge in [0.1, 0.15) is 5.75 Å². The van der Waals surface area contributed by atoms with Gasteiger partial charge in [0, 0.05) is 50.2 Å². The van der Waals surface area contributed by atoms with Gasteiger partial charge < -0.3 is 14.4 Å². The van der Waals surface area contributed by atoms with Crippen molar-refractivity contribution in [3.63, 3.8) is 0 Å². The van der Waals surface area contributed by atoms with Crippen LogP contribution in [0.1, 0.15) is 12.0 Å². The zero-order valence-corrected chi connectivity index (χ0v) is 14.0. The molecule has 1 aromatic rings. The van der Waals surface area contributed by atoms with Gasteiger partial charge in [-0.3, -0.25) is 4.90 Å². The number of hydrogen-bond donors (Lipinski definition) is 0. The molecule has 2 aliphatic heterocycles. The van der Waals surface area contributed by atoms with E-state index in [4.69, 9.17) is 9.47 Å². The van der Waals surface area contributed by atoms with Crippen molar-refractivity contribution in [3.8, 4) is 5.75 Å². The van der Waals surface area contributed by atoms with Crippen molar-refractivity contribution in [2.24, 2.45) is 11.3 Å². The number of rotatable bonds is 5. The molecule has 2 atom stereocenters. The molecule has 0 aromatic heterocycles. The molecule has 0 N–H and O–H groups in total. The average Bonchev–Trinajstić information content (AvgIpc) is 3.04. The van der Waals surface area contributed by atoms with Crippen LogP contribution in [0.3, 0.4) is 0 Å². The molecule has 3 rings (SSSR count). The summed E-state index contributed by atoms with van der Waals surface area (Å²) in [6, 6.07) is 8.37. The van der Waals surface area contributed by atoms with Gasteiger partial charge in [-0.1, -0.05) is 18.2 Å². The van der Waals surface area contributed by atoms with Crippen molar-refractivity contribution in [1.82, 2.24) is 9.80 Å². The summed E-state index contributed by atoms with van der Waals surface area (Å²) < 4.78 is 11.0. The summed E-state index contributed by atoms with van der Waals surface area (Å²) in [5.41, 5.74) is 1.70. The molecule has 2 heterocycles. The summed E-state index contributed by atoms with van der Waals surface area (Å²) in [5, 5.41) is 0. The SMILES string of the molecule is COC[C@@H]1CN(C)C[C@@]12CCN(Cc1ccccc1OC)C2. The lowest BCUT2D eigenvalue weighted by atomic mass is 9.77. The quantitative estimate of drug-likeness (QED) is 0.832. The highest BCUT2D eigenvalue weighted by Crippen LogP contribution is 2.44. The van der Waals surface area contributed by atoms with E-state index in [0.717, 1.165) is 25.4 Å². The van der Waals surface area contributed by atoms with Crippen LogP contribution in [0.2, 0.25) is 0 Å². The number of nitrogens with zero attached hydrogens (tertiary/aromatic N) is 2. The number of ether oxygens (including phenoxy) is 2. The van der Waals surface area contributed by atoms with Crippen LogP contribution in [0.5, 0.6) is 5.75 Å². The first-order chi connectivity index (χ1) is 10.7. The molecule has 22 heavy (non-hydrogen) atoms. The van der Waals surface area contributed by atoms with E-state index in [0.29, 0.717) is 11.3 Å². The van der Waals surface area contributed by atoms with Gasteiger partial charge in [-0.05, 0) is 26.1 Å². The standard InChI is InChI=1S/C18H28N2O2/c1-19-11-16(12-21-2)18(13-19)8-9-20(14-18)10-15-6-4-5-7-17(15)22-3/h4-7,16H,8-14H2,1-3H3/t16-,18+/m0/s1. The molecule has 1 aromatic carbocycles. The number of hydrogen-bond acceptors (Lipinski definition) is 4. The van der Waals surface area contributed by atoms with Crippen molar-refractivity contribution < 1.29 is 9.47 Å². The highest BCUT2D eigenvalue weighted by molar-refractivity contribution is 5.33. The van der Waals surface area contributed by atoms with Gasteiger partial charge in [-0.25, -0.2) is 0 Å². The molecule has 0 aliphatic carbocycles. The molecular formula is C18H28N2O2. The van der Waals surface area contributed by atoms with Gasteiger partial charge >= 0.3 is 0 Å².